The molecule has 0 fully saturated rings. The number of nitriles is 1. The Labute approximate surface area is 146 Å². The number of aliphatic carboxylic acids is 1. The highest BCUT2D eigenvalue weighted by molar-refractivity contribution is 5.75. The molecule has 0 spiro atoms. The summed E-state index contributed by atoms with van der Waals surface area (Å²) in [5.41, 5.74) is 12.2. The molecule has 2 unspecified atom stereocenters. The van der Waals surface area contributed by atoms with Gasteiger partial charge >= 0.3 is 5.97 Å². The Morgan fingerprint density at radius 2 is 1.36 bits per heavy atom. The number of rotatable bonds is 5. The van der Waals surface area contributed by atoms with Crippen LogP contribution in [-0.2, 0) is 4.79 Å². The monoisotopic (exact) mass is 343 g/mol. The van der Waals surface area contributed by atoms with Crippen LogP contribution in [0.4, 0.5) is 0 Å². The first kappa shape index (κ1) is 20.0. The summed E-state index contributed by atoms with van der Waals surface area (Å²) in [5.74, 6) is 0.412. The van der Waals surface area contributed by atoms with E-state index in [1.165, 1.54) is 0 Å². The van der Waals surface area contributed by atoms with Gasteiger partial charge in [0.15, 0.2) is 0 Å². The maximum atomic E-state index is 10.5. The summed E-state index contributed by atoms with van der Waals surface area (Å²) in [5, 5.41) is 17.1. The SMILES string of the molecule is COc1ccc(C(N)C#N)cc1.COc1ccc(C(N)C(=O)O)cc1. The molecule has 7 heteroatoms. The van der Waals surface area contributed by atoms with Crippen LogP contribution < -0.4 is 20.9 Å². The third-order valence-electron chi connectivity index (χ3n) is 3.35. The highest BCUT2D eigenvalue weighted by Crippen LogP contribution is 2.16. The van der Waals surface area contributed by atoms with E-state index in [0.717, 1.165) is 11.3 Å². The van der Waals surface area contributed by atoms with E-state index in [0.29, 0.717) is 11.3 Å². The molecule has 0 aliphatic rings. The maximum absolute atomic E-state index is 10.5. The van der Waals surface area contributed by atoms with Crippen LogP contribution in [0.2, 0.25) is 0 Å². The van der Waals surface area contributed by atoms with E-state index in [-0.39, 0.29) is 0 Å². The number of carboxylic acid groups (broad SMARTS) is 1. The minimum absolute atomic E-state index is 0.545. The Morgan fingerprint density at radius 1 is 0.960 bits per heavy atom. The van der Waals surface area contributed by atoms with Gasteiger partial charge in [-0.15, -0.1) is 0 Å². The highest BCUT2D eigenvalue weighted by atomic mass is 16.5. The van der Waals surface area contributed by atoms with E-state index in [9.17, 15) is 4.79 Å². The van der Waals surface area contributed by atoms with Crippen LogP contribution in [0.3, 0.4) is 0 Å². The Kier molecular flexibility index (Phi) is 7.93. The molecule has 2 aromatic carbocycles. The molecule has 0 amide bonds. The van der Waals surface area contributed by atoms with E-state index in [4.69, 9.17) is 31.3 Å². The summed E-state index contributed by atoms with van der Waals surface area (Å²) in [4.78, 5) is 10.5. The van der Waals surface area contributed by atoms with Crippen molar-refractivity contribution in [2.75, 3.05) is 14.2 Å². The van der Waals surface area contributed by atoms with E-state index in [1.807, 2.05) is 6.07 Å². The summed E-state index contributed by atoms with van der Waals surface area (Å²) in [6.07, 6.45) is 0. The van der Waals surface area contributed by atoms with E-state index in [2.05, 4.69) is 0 Å². The first-order chi connectivity index (χ1) is 11.9. The first-order valence-corrected chi connectivity index (χ1v) is 7.34. The lowest BCUT2D eigenvalue weighted by Crippen LogP contribution is -2.20. The fourth-order valence-corrected chi connectivity index (χ4v) is 1.84. The molecule has 0 heterocycles. The molecule has 0 aliphatic heterocycles. The molecule has 5 N–H and O–H groups in total. The van der Waals surface area contributed by atoms with Crippen molar-refractivity contribution in [3.8, 4) is 17.6 Å². The minimum Gasteiger partial charge on any atom is -0.497 e. The summed E-state index contributed by atoms with van der Waals surface area (Å²) in [6, 6.07) is 14.2. The van der Waals surface area contributed by atoms with Gasteiger partial charge in [0.05, 0.1) is 20.3 Å². The van der Waals surface area contributed by atoms with Crippen LogP contribution >= 0.6 is 0 Å². The minimum atomic E-state index is -1.04. The number of nitrogens with two attached hydrogens (primary N) is 2. The number of carbonyl (C=O) groups is 1. The van der Waals surface area contributed by atoms with Crippen LogP contribution in [0.15, 0.2) is 48.5 Å². The van der Waals surface area contributed by atoms with Crippen LogP contribution in [-0.4, -0.2) is 25.3 Å². The number of benzene rings is 2. The lowest BCUT2D eigenvalue weighted by atomic mass is 10.1. The second-order valence-corrected chi connectivity index (χ2v) is 4.97. The van der Waals surface area contributed by atoms with Gasteiger partial charge in [0.1, 0.15) is 23.6 Å². The van der Waals surface area contributed by atoms with Crippen molar-refractivity contribution < 1.29 is 19.4 Å². The number of ether oxygens (including phenoxy) is 2. The number of nitrogens with zero attached hydrogens (tertiary/aromatic N) is 1. The second-order valence-electron chi connectivity index (χ2n) is 4.97. The Bertz CT molecular complexity index is 709. The van der Waals surface area contributed by atoms with Crippen LogP contribution in [0.25, 0.3) is 0 Å². The third-order valence-corrected chi connectivity index (χ3v) is 3.35. The molecule has 0 bridgehead atoms. The quantitative estimate of drug-likeness (QED) is 0.756. The average Bonchev–Trinajstić information content (AvgIpc) is 2.67. The lowest BCUT2D eigenvalue weighted by Gasteiger charge is -2.06. The van der Waals surface area contributed by atoms with Gasteiger partial charge < -0.3 is 26.0 Å². The van der Waals surface area contributed by atoms with E-state index >= 15 is 0 Å². The van der Waals surface area contributed by atoms with Gasteiger partial charge in [-0.3, -0.25) is 4.79 Å². The zero-order valence-electron chi connectivity index (χ0n) is 14.0. The smallest absolute Gasteiger partial charge is 0.325 e. The lowest BCUT2D eigenvalue weighted by molar-refractivity contribution is -0.138. The van der Waals surface area contributed by atoms with Crippen molar-refractivity contribution in [3.63, 3.8) is 0 Å². The molecule has 0 aromatic heterocycles. The van der Waals surface area contributed by atoms with Crippen LogP contribution in [0.5, 0.6) is 11.5 Å². The molecule has 2 aromatic rings. The second kappa shape index (κ2) is 9.93. The molecule has 25 heavy (non-hydrogen) atoms. The van der Waals surface area contributed by atoms with Crippen molar-refractivity contribution >= 4 is 5.97 Å². The summed E-state index contributed by atoms with van der Waals surface area (Å²) < 4.78 is 9.88. The van der Waals surface area contributed by atoms with Crippen LogP contribution in [0, 0.1) is 11.3 Å². The molecule has 132 valence electrons. The predicted octanol–water partition coefficient (Wildman–Crippen LogP) is 2.00. The van der Waals surface area contributed by atoms with Gasteiger partial charge in [-0.1, -0.05) is 24.3 Å². The number of hydrogen-bond acceptors (Lipinski definition) is 6. The standard InChI is InChI=1S/C9H10N2O.C9H11NO3/c1-12-8-4-2-7(3-5-8)9(11)6-10;1-13-7-4-2-6(3-5-7)8(10)9(11)12/h2-5,9H,11H2,1H3;2-5,8H,10H2,1H3,(H,11,12). The van der Waals surface area contributed by atoms with Crippen molar-refractivity contribution in [1.82, 2.24) is 0 Å². The number of carboxylic acids is 1. The molecule has 0 aliphatic carbocycles. The third kappa shape index (κ3) is 6.14. The topological polar surface area (TPSA) is 132 Å². The van der Waals surface area contributed by atoms with Crippen molar-refractivity contribution in [1.29, 1.82) is 5.26 Å². The van der Waals surface area contributed by atoms with E-state index in [1.54, 1.807) is 62.8 Å². The van der Waals surface area contributed by atoms with Crippen molar-refractivity contribution in [2.45, 2.75) is 12.1 Å². The van der Waals surface area contributed by atoms with Crippen molar-refractivity contribution in [3.05, 3.63) is 59.7 Å². The van der Waals surface area contributed by atoms with Gasteiger partial charge in [0.25, 0.3) is 0 Å². The molecule has 0 saturated heterocycles. The Balaban J connectivity index is 0.000000251. The van der Waals surface area contributed by atoms with Gasteiger partial charge in [-0.05, 0) is 35.4 Å². The number of hydrogen-bond donors (Lipinski definition) is 3. The predicted molar refractivity (Wildman–Crippen MR) is 93.1 cm³/mol. The number of methoxy groups -OCH3 is 2. The summed E-state index contributed by atoms with van der Waals surface area (Å²) in [7, 11) is 3.14. The first-order valence-electron chi connectivity index (χ1n) is 7.34. The molecule has 2 atom stereocenters. The molecule has 0 saturated carbocycles. The van der Waals surface area contributed by atoms with Gasteiger partial charge in [-0.25, -0.2) is 0 Å². The zero-order valence-corrected chi connectivity index (χ0v) is 14.0. The van der Waals surface area contributed by atoms with Gasteiger partial charge in [0, 0.05) is 0 Å². The molecule has 0 radical (unpaired) electrons. The fraction of sp³-hybridized carbons (Fsp3) is 0.222. The normalized spacial score (nSPS) is 12.0. The highest BCUT2D eigenvalue weighted by Gasteiger charge is 2.13. The zero-order chi connectivity index (χ0) is 18.8. The van der Waals surface area contributed by atoms with E-state index < -0.39 is 18.1 Å². The maximum Gasteiger partial charge on any atom is 0.325 e. The Hall–Kier alpha value is -3.08. The molecular formula is C18H21N3O4. The molecule has 2 rings (SSSR count). The van der Waals surface area contributed by atoms with Crippen LogP contribution in [0.1, 0.15) is 23.2 Å². The van der Waals surface area contributed by atoms with Gasteiger partial charge in [-0.2, -0.15) is 5.26 Å². The average molecular weight is 343 g/mol. The largest absolute Gasteiger partial charge is 0.497 e. The summed E-state index contributed by atoms with van der Waals surface area (Å²) in [6.45, 7) is 0. The fourth-order valence-electron chi connectivity index (χ4n) is 1.84. The molecule has 7 nitrogen and oxygen atoms in total. The van der Waals surface area contributed by atoms with Crippen molar-refractivity contribution in [2.24, 2.45) is 11.5 Å². The van der Waals surface area contributed by atoms with Gasteiger partial charge in [0.2, 0.25) is 0 Å². The molecular weight excluding hydrogens is 322 g/mol. The Morgan fingerprint density at radius 3 is 1.68 bits per heavy atom. The summed E-state index contributed by atoms with van der Waals surface area (Å²) >= 11 is 0.